The molecule has 0 aromatic carbocycles. The summed E-state index contributed by atoms with van der Waals surface area (Å²) >= 11 is 1.51. The molecule has 1 aromatic heterocycles. The Morgan fingerprint density at radius 3 is 3.08 bits per heavy atom. The number of aryl methyl sites for hydroxylation is 1. The maximum Gasteiger partial charge on any atom is 0.304 e. The number of rotatable bonds is 4. The predicted octanol–water partition coefficient (Wildman–Crippen LogP) is 0.987. The number of aromatic nitrogens is 2. The fraction of sp³-hybridized carbons (Fsp3) is 0.429. The predicted molar refractivity (Wildman–Crippen MR) is 46.2 cm³/mol. The molecule has 0 unspecified atom stereocenters. The zero-order valence-electron chi connectivity index (χ0n) is 6.73. The molecule has 1 N–H and O–H groups in total. The molecule has 12 heavy (non-hydrogen) atoms. The molecule has 0 saturated heterocycles. The van der Waals surface area contributed by atoms with Crippen molar-refractivity contribution < 1.29 is 9.90 Å². The van der Waals surface area contributed by atoms with Crippen LogP contribution in [0.3, 0.4) is 0 Å². The Labute approximate surface area is 74.6 Å². The van der Waals surface area contributed by atoms with Crippen LogP contribution < -0.4 is 0 Å². The van der Waals surface area contributed by atoms with E-state index in [0.29, 0.717) is 5.75 Å². The fourth-order valence-electron chi connectivity index (χ4n) is 0.730. The smallest absolute Gasteiger partial charge is 0.304 e. The van der Waals surface area contributed by atoms with Crippen molar-refractivity contribution >= 4 is 17.7 Å². The minimum atomic E-state index is -0.758. The first-order valence-corrected chi connectivity index (χ1v) is 4.50. The number of carboxylic acids is 1. The summed E-state index contributed by atoms with van der Waals surface area (Å²) in [5, 5.41) is 12.3. The molecule has 0 atom stereocenters. The highest BCUT2D eigenvalue weighted by molar-refractivity contribution is 7.99. The van der Waals surface area contributed by atoms with Crippen molar-refractivity contribution in [1.82, 2.24) is 9.78 Å². The Morgan fingerprint density at radius 1 is 1.83 bits per heavy atom. The zero-order chi connectivity index (χ0) is 8.97. The number of hydrogen-bond donors (Lipinski definition) is 1. The minimum Gasteiger partial charge on any atom is -0.481 e. The van der Waals surface area contributed by atoms with E-state index in [0.717, 1.165) is 4.90 Å². The lowest BCUT2D eigenvalue weighted by molar-refractivity contribution is -0.136. The van der Waals surface area contributed by atoms with Crippen molar-refractivity contribution in [3.05, 3.63) is 12.4 Å². The number of thioether (sulfide) groups is 1. The van der Waals surface area contributed by atoms with Gasteiger partial charge in [0.25, 0.3) is 0 Å². The van der Waals surface area contributed by atoms with Crippen LogP contribution in [-0.2, 0) is 11.8 Å². The fourth-order valence-corrected chi connectivity index (χ4v) is 1.59. The maximum absolute atomic E-state index is 10.2. The van der Waals surface area contributed by atoms with Gasteiger partial charge in [0.1, 0.15) is 0 Å². The number of aliphatic carboxylic acids is 1. The topological polar surface area (TPSA) is 55.1 Å². The summed E-state index contributed by atoms with van der Waals surface area (Å²) in [7, 11) is 1.83. The first kappa shape index (κ1) is 9.12. The van der Waals surface area contributed by atoms with E-state index in [1.807, 2.05) is 13.2 Å². The van der Waals surface area contributed by atoms with Crippen LogP contribution in [0.5, 0.6) is 0 Å². The van der Waals surface area contributed by atoms with E-state index in [4.69, 9.17) is 5.11 Å². The Kier molecular flexibility index (Phi) is 3.16. The highest BCUT2D eigenvalue weighted by Crippen LogP contribution is 2.16. The molecular weight excluding hydrogens is 176 g/mol. The van der Waals surface area contributed by atoms with E-state index in [-0.39, 0.29) is 6.42 Å². The van der Waals surface area contributed by atoms with E-state index in [2.05, 4.69) is 5.10 Å². The molecule has 0 aliphatic rings. The molecule has 1 heterocycles. The Morgan fingerprint density at radius 2 is 2.58 bits per heavy atom. The van der Waals surface area contributed by atoms with Crippen LogP contribution in [0.2, 0.25) is 0 Å². The second-order valence-electron chi connectivity index (χ2n) is 2.34. The molecular formula is C7H10N2O2S. The van der Waals surface area contributed by atoms with Gasteiger partial charge < -0.3 is 5.11 Å². The van der Waals surface area contributed by atoms with Crippen LogP contribution in [0.4, 0.5) is 0 Å². The third kappa shape index (κ3) is 2.96. The SMILES string of the molecule is Cn1cc(SCCC(=O)O)cn1. The number of carboxylic acid groups (broad SMARTS) is 1. The van der Waals surface area contributed by atoms with Crippen LogP contribution in [0.1, 0.15) is 6.42 Å². The molecule has 0 radical (unpaired) electrons. The first-order chi connectivity index (χ1) is 5.68. The van der Waals surface area contributed by atoms with Gasteiger partial charge in [-0.3, -0.25) is 9.48 Å². The molecule has 1 rings (SSSR count). The zero-order valence-corrected chi connectivity index (χ0v) is 7.54. The van der Waals surface area contributed by atoms with Crippen LogP contribution in [-0.4, -0.2) is 26.6 Å². The van der Waals surface area contributed by atoms with Gasteiger partial charge in [-0.25, -0.2) is 0 Å². The van der Waals surface area contributed by atoms with Crippen molar-refractivity contribution in [1.29, 1.82) is 0 Å². The number of carbonyl (C=O) groups is 1. The van der Waals surface area contributed by atoms with Crippen molar-refractivity contribution in [3.63, 3.8) is 0 Å². The van der Waals surface area contributed by atoms with Crippen molar-refractivity contribution in [3.8, 4) is 0 Å². The second-order valence-corrected chi connectivity index (χ2v) is 3.51. The van der Waals surface area contributed by atoms with Gasteiger partial charge in [0, 0.05) is 23.9 Å². The summed E-state index contributed by atoms with van der Waals surface area (Å²) in [4.78, 5) is 11.2. The highest BCUT2D eigenvalue weighted by Gasteiger charge is 1.99. The largest absolute Gasteiger partial charge is 0.481 e. The summed E-state index contributed by atoms with van der Waals surface area (Å²) in [6.07, 6.45) is 3.79. The molecule has 0 aliphatic heterocycles. The summed E-state index contributed by atoms with van der Waals surface area (Å²) < 4.78 is 1.70. The molecule has 0 bridgehead atoms. The highest BCUT2D eigenvalue weighted by atomic mass is 32.2. The summed E-state index contributed by atoms with van der Waals surface area (Å²) in [6.45, 7) is 0. The monoisotopic (exact) mass is 186 g/mol. The Bertz CT molecular complexity index is 272. The van der Waals surface area contributed by atoms with E-state index >= 15 is 0 Å². The van der Waals surface area contributed by atoms with Crippen molar-refractivity contribution in [2.24, 2.45) is 7.05 Å². The normalized spacial score (nSPS) is 10.1. The van der Waals surface area contributed by atoms with E-state index in [1.165, 1.54) is 11.8 Å². The second kappa shape index (κ2) is 4.15. The molecule has 0 amide bonds. The van der Waals surface area contributed by atoms with Crippen LogP contribution in [0.15, 0.2) is 17.3 Å². The van der Waals surface area contributed by atoms with Gasteiger partial charge in [0.15, 0.2) is 0 Å². The third-order valence-electron chi connectivity index (χ3n) is 1.27. The van der Waals surface area contributed by atoms with Gasteiger partial charge in [-0.1, -0.05) is 0 Å². The summed E-state index contributed by atoms with van der Waals surface area (Å²) in [5.41, 5.74) is 0. The van der Waals surface area contributed by atoms with Gasteiger partial charge in [-0.05, 0) is 0 Å². The van der Waals surface area contributed by atoms with Gasteiger partial charge in [-0.2, -0.15) is 5.10 Å². The molecule has 0 spiro atoms. The van der Waals surface area contributed by atoms with Gasteiger partial charge in [-0.15, -0.1) is 11.8 Å². The Balaban J connectivity index is 2.29. The van der Waals surface area contributed by atoms with Crippen molar-refractivity contribution in [2.45, 2.75) is 11.3 Å². The molecule has 0 saturated carbocycles. The molecule has 66 valence electrons. The molecule has 5 heteroatoms. The third-order valence-corrected chi connectivity index (χ3v) is 2.22. The van der Waals surface area contributed by atoms with Crippen LogP contribution in [0.25, 0.3) is 0 Å². The average Bonchev–Trinajstić information content (AvgIpc) is 2.35. The summed E-state index contributed by atoms with van der Waals surface area (Å²) in [6, 6.07) is 0. The lowest BCUT2D eigenvalue weighted by Gasteiger charge is -1.92. The maximum atomic E-state index is 10.2. The van der Waals surface area contributed by atoms with Crippen LogP contribution in [0, 0.1) is 0 Å². The molecule has 1 aromatic rings. The van der Waals surface area contributed by atoms with Crippen molar-refractivity contribution in [2.75, 3.05) is 5.75 Å². The number of hydrogen-bond acceptors (Lipinski definition) is 3. The van der Waals surface area contributed by atoms with Gasteiger partial charge in [0.05, 0.1) is 12.6 Å². The van der Waals surface area contributed by atoms with Gasteiger partial charge >= 0.3 is 5.97 Å². The lowest BCUT2D eigenvalue weighted by atomic mass is 10.5. The molecule has 0 fully saturated rings. The molecule has 4 nitrogen and oxygen atoms in total. The minimum absolute atomic E-state index is 0.194. The first-order valence-electron chi connectivity index (χ1n) is 3.52. The average molecular weight is 186 g/mol. The summed E-state index contributed by atoms with van der Waals surface area (Å²) in [5.74, 6) is -0.160. The lowest BCUT2D eigenvalue weighted by Crippen LogP contribution is -1.95. The standard InChI is InChI=1S/C7H10N2O2S/c1-9-5-6(4-8-9)12-3-2-7(10)11/h4-5H,2-3H2,1H3,(H,10,11). The van der Waals surface area contributed by atoms with Crippen LogP contribution >= 0.6 is 11.8 Å². The van der Waals surface area contributed by atoms with E-state index in [1.54, 1.807) is 10.9 Å². The van der Waals surface area contributed by atoms with E-state index in [9.17, 15) is 4.79 Å². The molecule has 0 aliphatic carbocycles. The number of nitrogens with zero attached hydrogens (tertiary/aromatic N) is 2. The van der Waals surface area contributed by atoms with Gasteiger partial charge in [0.2, 0.25) is 0 Å². The Hall–Kier alpha value is -0.970. The van der Waals surface area contributed by atoms with E-state index < -0.39 is 5.97 Å². The quantitative estimate of drug-likeness (QED) is 0.712.